The van der Waals surface area contributed by atoms with Crippen LogP contribution in [-0.4, -0.2) is 14.8 Å². The molecule has 0 unspecified atom stereocenters. The van der Waals surface area contributed by atoms with Crippen molar-refractivity contribution in [1.29, 1.82) is 0 Å². The normalized spacial score (nSPS) is 11.0. The zero-order chi connectivity index (χ0) is 11.8. The fraction of sp³-hybridized carbons (Fsp3) is 0.111. The molecule has 0 aliphatic heterocycles. The van der Waals surface area contributed by atoms with Gasteiger partial charge in [-0.2, -0.15) is 13.2 Å². The number of benzene rings is 1. The monoisotopic (exact) mass is 292 g/mol. The quantitative estimate of drug-likeness (QED) is 0.817. The van der Waals surface area contributed by atoms with E-state index in [1.54, 1.807) is 0 Å². The van der Waals surface area contributed by atoms with Crippen molar-refractivity contribution in [1.82, 2.24) is 14.8 Å². The SMILES string of the molecule is Nc1ncn(-c2ccc(C(F)(F)F)cc2)n1.[Zn]. The Morgan fingerprint density at radius 2 is 1.71 bits per heavy atom. The third kappa shape index (κ3) is 3.03. The number of alkyl halides is 3. The number of nitrogens with zero attached hydrogens (tertiary/aromatic N) is 3. The van der Waals surface area contributed by atoms with Gasteiger partial charge in [-0.25, -0.2) is 9.67 Å². The van der Waals surface area contributed by atoms with Crippen molar-refractivity contribution < 1.29 is 32.6 Å². The van der Waals surface area contributed by atoms with Gasteiger partial charge in [-0.3, -0.25) is 0 Å². The Morgan fingerprint density at radius 3 is 2.12 bits per heavy atom. The van der Waals surface area contributed by atoms with Gasteiger partial charge in [0.2, 0.25) is 5.95 Å². The number of rotatable bonds is 1. The Hall–Kier alpha value is -1.43. The summed E-state index contributed by atoms with van der Waals surface area (Å²) in [4.78, 5) is 3.67. The van der Waals surface area contributed by atoms with Gasteiger partial charge < -0.3 is 5.73 Å². The number of nitrogens with two attached hydrogens (primary N) is 1. The second-order valence-electron chi connectivity index (χ2n) is 3.09. The number of halogens is 3. The maximum Gasteiger partial charge on any atom is 0.416 e. The van der Waals surface area contributed by atoms with Crippen molar-refractivity contribution in [3.05, 3.63) is 36.2 Å². The fourth-order valence-electron chi connectivity index (χ4n) is 1.20. The summed E-state index contributed by atoms with van der Waals surface area (Å²) in [6.07, 6.45) is -3.00. The summed E-state index contributed by atoms with van der Waals surface area (Å²) in [6, 6.07) is 4.56. The summed E-state index contributed by atoms with van der Waals surface area (Å²) < 4.78 is 38.1. The minimum absolute atomic E-state index is 0. The van der Waals surface area contributed by atoms with Gasteiger partial charge in [0, 0.05) is 19.5 Å². The molecule has 0 amide bonds. The molecular weight excluding hydrogens is 287 g/mol. The van der Waals surface area contributed by atoms with Crippen LogP contribution in [0.4, 0.5) is 19.1 Å². The fourth-order valence-corrected chi connectivity index (χ4v) is 1.20. The van der Waals surface area contributed by atoms with Crippen LogP contribution in [0.2, 0.25) is 0 Å². The Morgan fingerprint density at radius 1 is 1.12 bits per heavy atom. The standard InChI is InChI=1S/C9H7F3N4.Zn/c10-9(11,12)6-1-3-7(4-2-6)16-5-14-8(13)15-16;/h1-5H,(H2,13,15);. The van der Waals surface area contributed by atoms with Gasteiger partial charge in [-0.15, -0.1) is 5.10 Å². The van der Waals surface area contributed by atoms with Crippen LogP contribution in [0.1, 0.15) is 5.56 Å². The van der Waals surface area contributed by atoms with E-state index in [0.29, 0.717) is 5.69 Å². The predicted octanol–water partition coefficient (Wildman–Crippen LogP) is 1.87. The van der Waals surface area contributed by atoms with Crippen LogP contribution in [0.15, 0.2) is 30.6 Å². The number of hydrogen-bond acceptors (Lipinski definition) is 3. The van der Waals surface area contributed by atoms with E-state index in [1.807, 2.05) is 0 Å². The van der Waals surface area contributed by atoms with E-state index in [4.69, 9.17) is 5.73 Å². The van der Waals surface area contributed by atoms with E-state index in [9.17, 15) is 13.2 Å². The number of hydrogen-bond donors (Lipinski definition) is 1. The summed E-state index contributed by atoms with van der Waals surface area (Å²) in [5, 5.41) is 3.77. The topological polar surface area (TPSA) is 56.7 Å². The van der Waals surface area contributed by atoms with Gasteiger partial charge in [0.15, 0.2) is 0 Å². The van der Waals surface area contributed by atoms with Crippen LogP contribution < -0.4 is 5.73 Å². The molecule has 1 aromatic carbocycles. The van der Waals surface area contributed by atoms with E-state index >= 15 is 0 Å². The first kappa shape index (κ1) is 13.6. The summed E-state index contributed by atoms with van der Waals surface area (Å²) in [7, 11) is 0. The van der Waals surface area contributed by atoms with Crippen LogP contribution >= 0.6 is 0 Å². The predicted molar refractivity (Wildman–Crippen MR) is 50.8 cm³/mol. The Kier molecular flexibility index (Phi) is 3.88. The number of aromatic nitrogens is 3. The molecule has 0 atom stereocenters. The molecule has 4 nitrogen and oxygen atoms in total. The van der Waals surface area contributed by atoms with Crippen LogP contribution in [-0.2, 0) is 25.7 Å². The van der Waals surface area contributed by atoms with Crippen LogP contribution in [0.5, 0.6) is 0 Å². The third-order valence-electron chi connectivity index (χ3n) is 1.97. The third-order valence-corrected chi connectivity index (χ3v) is 1.97. The molecule has 0 radical (unpaired) electrons. The number of anilines is 1. The van der Waals surface area contributed by atoms with E-state index in [1.165, 1.54) is 23.1 Å². The van der Waals surface area contributed by atoms with Gasteiger partial charge in [0.25, 0.3) is 0 Å². The van der Waals surface area contributed by atoms with Gasteiger partial charge in [-0.1, -0.05) is 0 Å². The van der Waals surface area contributed by atoms with Gasteiger partial charge in [0.05, 0.1) is 11.3 Å². The summed E-state index contributed by atoms with van der Waals surface area (Å²) >= 11 is 0. The summed E-state index contributed by atoms with van der Waals surface area (Å²) in [5.41, 5.74) is 5.06. The minimum atomic E-state index is -4.33. The molecule has 17 heavy (non-hydrogen) atoms. The molecular formula is C9H7F3N4Zn. The zero-order valence-corrected chi connectivity index (χ0v) is 11.6. The van der Waals surface area contributed by atoms with E-state index in [-0.39, 0.29) is 25.4 Å². The molecule has 0 fully saturated rings. The first-order valence-corrected chi connectivity index (χ1v) is 4.31. The summed E-state index contributed by atoms with van der Waals surface area (Å²) in [5.74, 6) is 0.0693. The zero-order valence-electron chi connectivity index (χ0n) is 8.65. The van der Waals surface area contributed by atoms with Crippen molar-refractivity contribution in [2.75, 3.05) is 5.73 Å². The molecule has 2 aromatic rings. The van der Waals surface area contributed by atoms with E-state index in [2.05, 4.69) is 10.1 Å². The first-order chi connectivity index (χ1) is 7.47. The van der Waals surface area contributed by atoms with Crippen molar-refractivity contribution >= 4 is 5.95 Å². The van der Waals surface area contributed by atoms with E-state index in [0.717, 1.165) is 12.1 Å². The largest absolute Gasteiger partial charge is 0.416 e. The molecule has 0 saturated carbocycles. The van der Waals surface area contributed by atoms with Gasteiger partial charge >= 0.3 is 6.18 Å². The van der Waals surface area contributed by atoms with Gasteiger partial charge in [-0.05, 0) is 24.3 Å². The van der Waals surface area contributed by atoms with Gasteiger partial charge in [0.1, 0.15) is 6.33 Å². The Balaban J connectivity index is 0.00000144. The second kappa shape index (κ2) is 4.83. The minimum Gasteiger partial charge on any atom is -0.366 e. The molecule has 2 rings (SSSR count). The average molecular weight is 294 g/mol. The molecule has 0 aliphatic carbocycles. The molecule has 0 saturated heterocycles. The molecule has 1 heterocycles. The van der Waals surface area contributed by atoms with E-state index < -0.39 is 11.7 Å². The summed E-state index contributed by atoms with van der Waals surface area (Å²) in [6.45, 7) is 0. The maximum absolute atomic E-state index is 12.3. The molecule has 0 spiro atoms. The molecule has 0 bridgehead atoms. The molecule has 86 valence electrons. The average Bonchev–Trinajstić information content (AvgIpc) is 2.64. The van der Waals surface area contributed by atoms with Crippen LogP contribution in [0, 0.1) is 0 Å². The molecule has 2 N–H and O–H groups in total. The van der Waals surface area contributed by atoms with Crippen molar-refractivity contribution in [3.8, 4) is 5.69 Å². The van der Waals surface area contributed by atoms with Crippen LogP contribution in [0.3, 0.4) is 0 Å². The Bertz CT molecular complexity index is 492. The maximum atomic E-state index is 12.3. The Labute approximate surface area is 107 Å². The molecule has 8 heteroatoms. The van der Waals surface area contributed by atoms with Crippen molar-refractivity contribution in [3.63, 3.8) is 0 Å². The molecule has 1 aromatic heterocycles. The smallest absolute Gasteiger partial charge is 0.366 e. The first-order valence-electron chi connectivity index (χ1n) is 4.31. The second-order valence-corrected chi connectivity index (χ2v) is 3.09. The molecule has 0 aliphatic rings. The van der Waals surface area contributed by atoms with Crippen LogP contribution in [0.25, 0.3) is 5.69 Å². The van der Waals surface area contributed by atoms with Crippen molar-refractivity contribution in [2.24, 2.45) is 0 Å². The van der Waals surface area contributed by atoms with Crippen molar-refractivity contribution in [2.45, 2.75) is 6.18 Å². The number of nitrogen functional groups attached to an aromatic ring is 1.